The number of nitrogens with zero attached hydrogens (tertiary/aromatic N) is 2. The summed E-state index contributed by atoms with van der Waals surface area (Å²) in [6.45, 7) is 4.82. The van der Waals surface area contributed by atoms with Crippen LogP contribution in [0.5, 0.6) is 0 Å². The van der Waals surface area contributed by atoms with E-state index in [2.05, 4.69) is 23.3 Å². The van der Waals surface area contributed by atoms with Gasteiger partial charge in [0, 0.05) is 13.1 Å². The van der Waals surface area contributed by atoms with E-state index in [1.165, 1.54) is 33.0 Å². The molecule has 6 nitrogen and oxygen atoms in total. The summed E-state index contributed by atoms with van der Waals surface area (Å²) in [6.07, 6.45) is 2.58. The van der Waals surface area contributed by atoms with Crippen molar-refractivity contribution in [3.05, 3.63) is 23.3 Å². The Morgan fingerprint density at radius 1 is 1.33 bits per heavy atom. The summed E-state index contributed by atoms with van der Waals surface area (Å²) < 4.78 is 25.8. The maximum absolute atomic E-state index is 12.5. The third kappa shape index (κ3) is 3.60. The number of anilines is 1. The van der Waals surface area contributed by atoms with Crippen LogP contribution in [0.3, 0.4) is 0 Å². The highest BCUT2D eigenvalue weighted by Gasteiger charge is 2.30. The lowest BCUT2D eigenvalue weighted by molar-refractivity contribution is -0.120. The first kappa shape index (κ1) is 17.3. The maximum Gasteiger partial charge on any atom is 0.230 e. The summed E-state index contributed by atoms with van der Waals surface area (Å²) in [4.78, 5) is 17.0. The van der Waals surface area contributed by atoms with Crippen LogP contribution < -0.4 is 5.32 Å². The first-order valence-electron chi connectivity index (χ1n) is 7.88. The maximum atomic E-state index is 12.5. The van der Waals surface area contributed by atoms with Gasteiger partial charge in [-0.15, -0.1) is 0 Å². The Kier molecular flexibility index (Phi) is 4.63. The van der Waals surface area contributed by atoms with Crippen LogP contribution in [-0.4, -0.2) is 43.0 Å². The van der Waals surface area contributed by atoms with Gasteiger partial charge in [-0.25, -0.2) is 17.7 Å². The molecule has 1 aliphatic rings. The first-order valence-corrected chi connectivity index (χ1v) is 10.5. The smallest absolute Gasteiger partial charge is 0.230 e. The summed E-state index contributed by atoms with van der Waals surface area (Å²) in [5.41, 5.74) is 3.24. The van der Waals surface area contributed by atoms with Gasteiger partial charge < -0.3 is 5.32 Å². The summed E-state index contributed by atoms with van der Waals surface area (Å²) in [6, 6.07) is 4.09. The van der Waals surface area contributed by atoms with Crippen molar-refractivity contribution in [2.75, 3.05) is 24.7 Å². The molecule has 1 N–H and O–H groups in total. The number of amides is 1. The van der Waals surface area contributed by atoms with Crippen LogP contribution in [0, 0.1) is 19.8 Å². The molecule has 24 heavy (non-hydrogen) atoms. The van der Waals surface area contributed by atoms with Gasteiger partial charge in [0.1, 0.15) is 0 Å². The molecule has 1 aliphatic heterocycles. The van der Waals surface area contributed by atoms with Crippen molar-refractivity contribution in [3.63, 3.8) is 0 Å². The number of rotatable bonds is 3. The van der Waals surface area contributed by atoms with E-state index in [1.54, 1.807) is 0 Å². The van der Waals surface area contributed by atoms with E-state index in [9.17, 15) is 13.2 Å². The molecular formula is C16H21N3O3S2. The lowest BCUT2D eigenvalue weighted by atomic mass is 9.99. The molecule has 3 rings (SSSR count). The van der Waals surface area contributed by atoms with Crippen molar-refractivity contribution < 1.29 is 13.2 Å². The monoisotopic (exact) mass is 367 g/mol. The summed E-state index contributed by atoms with van der Waals surface area (Å²) in [5.74, 6) is -0.486. The molecule has 1 amide bonds. The first-order chi connectivity index (χ1) is 11.2. The number of aryl methyl sites for hydroxylation is 2. The Hall–Kier alpha value is -1.51. The van der Waals surface area contributed by atoms with Crippen LogP contribution in [0.25, 0.3) is 10.2 Å². The zero-order chi connectivity index (χ0) is 17.5. The molecule has 1 saturated heterocycles. The highest BCUT2D eigenvalue weighted by molar-refractivity contribution is 7.88. The highest BCUT2D eigenvalue weighted by atomic mass is 32.2. The van der Waals surface area contributed by atoms with Crippen LogP contribution in [0.4, 0.5) is 5.13 Å². The molecule has 2 heterocycles. The van der Waals surface area contributed by atoms with E-state index in [-0.39, 0.29) is 18.4 Å². The number of aromatic nitrogens is 1. The number of carbonyl (C=O) groups is 1. The summed E-state index contributed by atoms with van der Waals surface area (Å²) in [5, 5.41) is 3.43. The Morgan fingerprint density at radius 2 is 2.04 bits per heavy atom. The van der Waals surface area contributed by atoms with Gasteiger partial charge in [0.15, 0.2) is 5.13 Å². The molecule has 0 radical (unpaired) electrons. The van der Waals surface area contributed by atoms with Gasteiger partial charge >= 0.3 is 0 Å². The molecule has 8 heteroatoms. The van der Waals surface area contributed by atoms with Crippen LogP contribution in [0.15, 0.2) is 12.1 Å². The van der Waals surface area contributed by atoms with Crippen LogP contribution in [0.2, 0.25) is 0 Å². The van der Waals surface area contributed by atoms with Crippen LogP contribution in [0.1, 0.15) is 24.0 Å². The van der Waals surface area contributed by atoms with Gasteiger partial charge in [0.05, 0.1) is 22.4 Å². The van der Waals surface area contributed by atoms with Crippen LogP contribution in [-0.2, 0) is 14.8 Å². The zero-order valence-electron chi connectivity index (χ0n) is 14.0. The van der Waals surface area contributed by atoms with Crippen LogP contribution >= 0.6 is 11.3 Å². The molecule has 0 spiro atoms. The molecule has 1 fully saturated rings. The van der Waals surface area contributed by atoms with Gasteiger partial charge in [0.2, 0.25) is 15.9 Å². The average molecular weight is 367 g/mol. The van der Waals surface area contributed by atoms with Crippen molar-refractivity contribution in [1.82, 2.24) is 9.29 Å². The number of carbonyl (C=O) groups excluding carboxylic acids is 1. The van der Waals surface area contributed by atoms with Crippen molar-refractivity contribution >= 4 is 42.6 Å². The van der Waals surface area contributed by atoms with E-state index >= 15 is 0 Å². The van der Waals surface area contributed by atoms with Crippen molar-refractivity contribution in [1.29, 1.82) is 0 Å². The number of sulfonamides is 1. The number of hydrogen-bond donors (Lipinski definition) is 1. The van der Waals surface area contributed by atoms with E-state index in [0.29, 0.717) is 24.5 Å². The lowest BCUT2D eigenvalue weighted by Gasteiger charge is -2.29. The van der Waals surface area contributed by atoms with E-state index in [1.807, 2.05) is 13.0 Å². The Labute approximate surface area is 145 Å². The lowest BCUT2D eigenvalue weighted by Crippen LogP contribution is -2.43. The van der Waals surface area contributed by atoms with Crippen molar-refractivity contribution in [2.45, 2.75) is 26.7 Å². The largest absolute Gasteiger partial charge is 0.302 e. The molecule has 0 bridgehead atoms. The third-order valence-corrected chi connectivity index (χ3v) is 6.66. The molecule has 1 aromatic carbocycles. The number of piperidine rings is 1. The van der Waals surface area contributed by atoms with E-state index < -0.39 is 10.0 Å². The highest BCUT2D eigenvalue weighted by Crippen LogP contribution is 2.29. The molecular weight excluding hydrogens is 346 g/mol. The predicted octanol–water partition coefficient (Wildman–Crippen LogP) is 2.52. The number of thiazole rings is 1. The summed E-state index contributed by atoms with van der Waals surface area (Å²) in [7, 11) is -3.25. The topological polar surface area (TPSA) is 79.4 Å². The Morgan fingerprint density at radius 3 is 2.75 bits per heavy atom. The van der Waals surface area contributed by atoms with Gasteiger partial charge in [-0.2, -0.15) is 0 Å². The fourth-order valence-electron chi connectivity index (χ4n) is 2.90. The standard InChI is InChI=1S/C16H21N3O3S2/c1-10-7-13-14(8-11(10)2)23-16(17-13)18-15(20)12-5-4-6-19(9-12)24(3,21)22/h7-8,12H,4-6,9H2,1-3H3,(H,17,18,20). The van der Waals surface area contributed by atoms with E-state index in [0.717, 1.165) is 10.2 Å². The average Bonchev–Trinajstić information content (AvgIpc) is 2.88. The van der Waals surface area contributed by atoms with E-state index in [4.69, 9.17) is 0 Å². The minimum atomic E-state index is -3.25. The minimum absolute atomic E-state index is 0.157. The Bertz CT molecular complexity index is 850. The molecule has 130 valence electrons. The van der Waals surface area contributed by atoms with Gasteiger partial charge in [-0.05, 0) is 49.9 Å². The van der Waals surface area contributed by atoms with Gasteiger partial charge in [-0.3, -0.25) is 4.79 Å². The normalized spacial score (nSPS) is 19.5. The molecule has 0 saturated carbocycles. The fraction of sp³-hybridized carbons (Fsp3) is 0.500. The predicted molar refractivity (Wildman–Crippen MR) is 96.9 cm³/mol. The number of nitrogens with one attached hydrogen (secondary N) is 1. The number of fused-ring (bicyclic) bond motifs is 1. The second-order valence-electron chi connectivity index (χ2n) is 6.37. The SMILES string of the molecule is Cc1cc2nc(NC(=O)C3CCCN(S(C)(=O)=O)C3)sc2cc1C. The van der Waals surface area contributed by atoms with Gasteiger partial charge in [0.25, 0.3) is 0 Å². The molecule has 1 atom stereocenters. The zero-order valence-corrected chi connectivity index (χ0v) is 15.6. The molecule has 0 aliphatic carbocycles. The quantitative estimate of drug-likeness (QED) is 0.904. The molecule has 1 aromatic heterocycles. The number of hydrogen-bond acceptors (Lipinski definition) is 5. The Balaban J connectivity index is 1.75. The minimum Gasteiger partial charge on any atom is -0.302 e. The summed E-state index contributed by atoms with van der Waals surface area (Å²) >= 11 is 1.44. The second kappa shape index (κ2) is 6.42. The molecule has 1 unspecified atom stereocenters. The third-order valence-electron chi connectivity index (χ3n) is 4.46. The van der Waals surface area contributed by atoms with Crippen molar-refractivity contribution in [3.8, 4) is 0 Å². The van der Waals surface area contributed by atoms with Crippen molar-refractivity contribution in [2.24, 2.45) is 5.92 Å². The molecule has 2 aromatic rings. The fourth-order valence-corrected chi connectivity index (χ4v) is 4.76. The van der Waals surface area contributed by atoms with Gasteiger partial charge in [-0.1, -0.05) is 11.3 Å². The second-order valence-corrected chi connectivity index (χ2v) is 9.39. The number of benzene rings is 1.